The van der Waals surface area contributed by atoms with Crippen molar-refractivity contribution in [1.82, 2.24) is 0 Å². The number of nitrogens with zero attached hydrogens (tertiary/aromatic N) is 2. The standard InChI is InChI=1S/C14H12BrFN2O2/c15-11-8-9(16)3-4-12(11)18-7-1-2-10(14(18)20)13(19)5-6-17/h3-4,8,10H,1-2,5,7H2/t10-/m1/s1. The van der Waals surface area contributed by atoms with Crippen LogP contribution in [0.15, 0.2) is 22.7 Å². The van der Waals surface area contributed by atoms with Gasteiger partial charge < -0.3 is 4.90 Å². The van der Waals surface area contributed by atoms with Crippen LogP contribution in [-0.4, -0.2) is 18.2 Å². The molecular formula is C14H12BrFN2O2. The van der Waals surface area contributed by atoms with Crippen molar-refractivity contribution in [3.63, 3.8) is 0 Å². The first kappa shape index (κ1) is 14.7. The van der Waals surface area contributed by atoms with Crippen LogP contribution in [0.4, 0.5) is 10.1 Å². The van der Waals surface area contributed by atoms with Crippen molar-refractivity contribution in [2.24, 2.45) is 5.92 Å². The van der Waals surface area contributed by atoms with Gasteiger partial charge in [0.15, 0.2) is 5.78 Å². The fourth-order valence-electron chi connectivity index (χ4n) is 2.31. The Hall–Kier alpha value is -1.74. The summed E-state index contributed by atoms with van der Waals surface area (Å²) >= 11 is 3.23. The first-order valence-electron chi connectivity index (χ1n) is 6.20. The number of hydrogen-bond acceptors (Lipinski definition) is 3. The van der Waals surface area contributed by atoms with E-state index in [-0.39, 0.29) is 18.1 Å². The summed E-state index contributed by atoms with van der Waals surface area (Å²) in [5.41, 5.74) is 0.547. The molecule has 0 spiro atoms. The zero-order valence-corrected chi connectivity index (χ0v) is 12.2. The number of carbonyl (C=O) groups is 2. The van der Waals surface area contributed by atoms with E-state index < -0.39 is 11.7 Å². The summed E-state index contributed by atoms with van der Waals surface area (Å²) in [6.07, 6.45) is 0.890. The zero-order valence-electron chi connectivity index (χ0n) is 10.6. The predicted octanol–water partition coefficient (Wildman–Crippen LogP) is 2.81. The predicted molar refractivity (Wildman–Crippen MR) is 74.4 cm³/mol. The highest BCUT2D eigenvalue weighted by Crippen LogP contribution is 2.31. The van der Waals surface area contributed by atoms with E-state index in [9.17, 15) is 14.0 Å². The molecule has 0 N–H and O–H groups in total. The molecule has 0 bridgehead atoms. The molecule has 0 aliphatic carbocycles. The van der Waals surface area contributed by atoms with Crippen LogP contribution in [-0.2, 0) is 9.59 Å². The van der Waals surface area contributed by atoms with Gasteiger partial charge in [0.05, 0.1) is 24.1 Å². The molecule has 0 saturated carbocycles. The lowest BCUT2D eigenvalue weighted by molar-refractivity contribution is -0.133. The Labute approximate surface area is 124 Å². The normalized spacial score (nSPS) is 18.8. The number of ketones is 1. The average Bonchev–Trinajstić information content (AvgIpc) is 2.40. The van der Waals surface area contributed by atoms with E-state index in [1.807, 2.05) is 0 Å². The number of nitriles is 1. The lowest BCUT2D eigenvalue weighted by Crippen LogP contribution is -2.44. The molecule has 1 atom stereocenters. The summed E-state index contributed by atoms with van der Waals surface area (Å²) in [6.45, 7) is 0.486. The second-order valence-electron chi connectivity index (χ2n) is 4.58. The van der Waals surface area contributed by atoms with E-state index in [0.29, 0.717) is 29.5 Å². The average molecular weight is 339 g/mol. The summed E-state index contributed by atoms with van der Waals surface area (Å²) in [4.78, 5) is 25.6. The third-order valence-electron chi connectivity index (χ3n) is 3.28. The number of amides is 1. The van der Waals surface area contributed by atoms with E-state index in [1.54, 1.807) is 6.07 Å². The molecule has 104 valence electrons. The minimum Gasteiger partial charge on any atom is -0.311 e. The Balaban J connectivity index is 2.26. The van der Waals surface area contributed by atoms with Gasteiger partial charge in [0.1, 0.15) is 5.82 Å². The van der Waals surface area contributed by atoms with E-state index in [1.165, 1.54) is 23.1 Å². The highest BCUT2D eigenvalue weighted by Gasteiger charge is 2.34. The number of carbonyl (C=O) groups excluding carboxylic acids is 2. The van der Waals surface area contributed by atoms with Gasteiger partial charge in [-0.2, -0.15) is 5.26 Å². The Bertz CT molecular complexity index is 597. The van der Waals surface area contributed by atoms with Crippen molar-refractivity contribution in [2.75, 3.05) is 11.4 Å². The summed E-state index contributed by atoms with van der Waals surface area (Å²) in [7, 11) is 0. The van der Waals surface area contributed by atoms with Crippen LogP contribution < -0.4 is 4.90 Å². The van der Waals surface area contributed by atoms with Crippen LogP contribution in [0.1, 0.15) is 19.3 Å². The fraction of sp³-hybridized carbons (Fsp3) is 0.357. The minimum atomic E-state index is -0.764. The smallest absolute Gasteiger partial charge is 0.237 e. The van der Waals surface area contributed by atoms with Crippen molar-refractivity contribution in [3.05, 3.63) is 28.5 Å². The van der Waals surface area contributed by atoms with Gasteiger partial charge in [-0.05, 0) is 47.0 Å². The Morgan fingerprint density at radius 1 is 1.55 bits per heavy atom. The van der Waals surface area contributed by atoms with E-state index in [4.69, 9.17) is 5.26 Å². The highest BCUT2D eigenvalue weighted by molar-refractivity contribution is 9.10. The summed E-state index contributed by atoms with van der Waals surface area (Å²) < 4.78 is 13.6. The largest absolute Gasteiger partial charge is 0.311 e. The fourth-order valence-corrected chi connectivity index (χ4v) is 2.88. The number of rotatable bonds is 3. The molecule has 1 aromatic rings. The van der Waals surface area contributed by atoms with Gasteiger partial charge >= 0.3 is 0 Å². The van der Waals surface area contributed by atoms with E-state index in [2.05, 4.69) is 15.9 Å². The molecule has 0 unspecified atom stereocenters. The molecular weight excluding hydrogens is 327 g/mol. The van der Waals surface area contributed by atoms with Gasteiger partial charge in [-0.3, -0.25) is 9.59 Å². The monoisotopic (exact) mass is 338 g/mol. The molecule has 4 nitrogen and oxygen atoms in total. The van der Waals surface area contributed by atoms with Crippen LogP contribution in [0, 0.1) is 23.1 Å². The molecule has 1 heterocycles. The first-order chi connectivity index (χ1) is 9.54. The molecule has 0 aromatic heterocycles. The van der Waals surface area contributed by atoms with Crippen molar-refractivity contribution < 1.29 is 14.0 Å². The van der Waals surface area contributed by atoms with E-state index >= 15 is 0 Å². The number of benzene rings is 1. The molecule has 1 aromatic carbocycles. The van der Waals surface area contributed by atoms with Crippen LogP contribution in [0.5, 0.6) is 0 Å². The lowest BCUT2D eigenvalue weighted by atomic mass is 9.91. The van der Waals surface area contributed by atoms with Crippen LogP contribution in [0.3, 0.4) is 0 Å². The summed E-state index contributed by atoms with van der Waals surface area (Å²) in [6, 6.07) is 5.84. The SMILES string of the molecule is N#CCC(=O)[C@H]1CCCN(c2ccc(F)cc2Br)C1=O. The quantitative estimate of drug-likeness (QED) is 0.796. The van der Waals surface area contributed by atoms with Crippen molar-refractivity contribution in [2.45, 2.75) is 19.3 Å². The van der Waals surface area contributed by atoms with Crippen molar-refractivity contribution in [1.29, 1.82) is 5.26 Å². The van der Waals surface area contributed by atoms with Gasteiger partial charge in [0.2, 0.25) is 5.91 Å². The first-order valence-corrected chi connectivity index (χ1v) is 7.00. The number of halogens is 2. The van der Waals surface area contributed by atoms with Crippen LogP contribution >= 0.6 is 15.9 Å². The van der Waals surface area contributed by atoms with Gasteiger partial charge in [-0.15, -0.1) is 0 Å². The molecule has 20 heavy (non-hydrogen) atoms. The molecule has 1 fully saturated rings. The van der Waals surface area contributed by atoms with Crippen LogP contribution in [0.25, 0.3) is 0 Å². The highest BCUT2D eigenvalue weighted by atomic mass is 79.9. The second-order valence-corrected chi connectivity index (χ2v) is 5.44. The lowest BCUT2D eigenvalue weighted by Gasteiger charge is -2.32. The van der Waals surface area contributed by atoms with Gasteiger partial charge in [0, 0.05) is 11.0 Å². The van der Waals surface area contributed by atoms with E-state index in [0.717, 1.165) is 0 Å². The number of Topliss-reactive ketones (excluding diaryl/α,β-unsaturated/α-hetero) is 1. The van der Waals surface area contributed by atoms with Crippen molar-refractivity contribution in [3.8, 4) is 6.07 Å². The second kappa shape index (κ2) is 6.14. The number of anilines is 1. The molecule has 2 rings (SSSR count). The maximum absolute atomic E-state index is 13.1. The molecule has 6 heteroatoms. The third kappa shape index (κ3) is 2.88. The molecule has 1 amide bonds. The molecule has 1 aliphatic rings. The van der Waals surface area contributed by atoms with Gasteiger partial charge in [-0.1, -0.05) is 0 Å². The Morgan fingerprint density at radius 3 is 2.95 bits per heavy atom. The topological polar surface area (TPSA) is 61.2 Å². The summed E-state index contributed by atoms with van der Waals surface area (Å²) in [5, 5.41) is 8.57. The van der Waals surface area contributed by atoms with Crippen LogP contribution in [0.2, 0.25) is 0 Å². The molecule has 1 saturated heterocycles. The molecule has 0 radical (unpaired) electrons. The number of hydrogen-bond donors (Lipinski definition) is 0. The Kier molecular flexibility index (Phi) is 4.50. The van der Waals surface area contributed by atoms with Gasteiger partial charge in [-0.25, -0.2) is 4.39 Å². The number of piperidine rings is 1. The Morgan fingerprint density at radius 2 is 2.30 bits per heavy atom. The maximum atomic E-state index is 13.1. The minimum absolute atomic E-state index is 0.255. The maximum Gasteiger partial charge on any atom is 0.237 e. The third-order valence-corrected chi connectivity index (χ3v) is 3.92. The van der Waals surface area contributed by atoms with Gasteiger partial charge in [0.25, 0.3) is 0 Å². The van der Waals surface area contributed by atoms with Crippen molar-refractivity contribution >= 4 is 33.3 Å². The molecule has 1 aliphatic heterocycles. The zero-order chi connectivity index (χ0) is 14.7. The summed E-state index contributed by atoms with van der Waals surface area (Å²) in [5.74, 6) is -1.83.